The fourth-order valence-corrected chi connectivity index (χ4v) is 1.83. The van der Waals surface area contributed by atoms with E-state index in [9.17, 15) is 30.2 Å². The van der Waals surface area contributed by atoms with Gasteiger partial charge < -0.3 is 20.6 Å². The van der Waals surface area contributed by atoms with Gasteiger partial charge in [-0.05, 0) is 12.5 Å². The number of nitro benzene ring substituents is 1. The first kappa shape index (κ1) is 17.4. The van der Waals surface area contributed by atoms with Gasteiger partial charge in [0.25, 0.3) is 0 Å². The number of carbonyl (C=O) groups excluding carboxylic acids is 1. The molecule has 9 nitrogen and oxygen atoms in total. The van der Waals surface area contributed by atoms with Crippen molar-refractivity contribution < 1.29 is 25.0 Å². The minimum atomic E-state index is -1.64. The van der Waals surface area contributed by atoms with Crippen LogP contribution in [0.15, 0.2) is 12.1 Å². The van der Waals surface area contributed by atoms with Crippen molar-refractivity contribution in [2.24, 2.45) is 0 Å². The molecule has 1 amide bonds. The average molecular weight is 309 g/mol. The van der Waals surface area contributed by atoms with E-state index < -0.39 is 28.6 Å². The number of carbonyl (C=O) groups is 1. The first-order chi connectivity index (χ1) is 10.3. The Labute approximate surface area is 125 Å². The fourth-order valence-electron chi connectivity index (χ4n) is 1.83. The minimum Gasteiger partial charge on any atom is -0.502 e. The third kappa shape index (κ3) is 4.15. The minimum absolute atomic E-state index is 0.0369. The molecule has 0 aliphatic rings. The van der Waals surface area contributed by atoms with Crippen molar-refractivity contribution in [1.82, 2.24) is 5.32 Å². The molecule has 2 atom stereocenters. The Kier molecular flexibility index (Phi) is 5.80. The summed E-state index contributed by atoms with van der Waals surface area (Å²) in [4.78, 5) is 20.6. The molecule has 0 saturated carbocycles. The zero-order chi connectivity index (χ0) is 16.9. The van der Waals surface area contributed by atoms with Crippen LogP contribution in [0.4, 0.5) is 5.69 Å². The van der Waals surface area contributed by atoms with E-state index in [4.69, 9.17) is 5.26 Å². The molecule has 1 aromatic rings. The smallest absolute Gasteiger partial charge is 0.312 e. The number of nitrogens with one attached hydrogen (secondary N) is 1. The van der Waals surface area contributed by atoms with E-state index in [1.54, 1.807) is 6.07 Å². The number of nitrogens with zero attached hydrogens (tertiary/aromatic N) is 2. The van der Waals surface area contributed by atoms with Gasteiger partial charge in [-0.1, -0.05) is 0 Å². The molecule has 2 unspecified atom stereocenters. The number of phenolic OH excluding ortho intramolecular Hbond substituents is 1. The van der Waals surface area contributed by atoms with E-state index in [1.165, 1.54) is 6.92 Å². The number of rotatable bonds is 6. The molecular weight excluding hydrogens is 294 g/mol. The standard InChI is InChI=1S/C13H15N3O6/c1-7(17)15-3-2-11(18)13(20)9-4-8(6-14)5-10(12(9)19)16(21)22/h4-5,11,13,18-20H,2-3H2,1H3,(H,15,17). The van der Waals surface area contributed by atoms with Crippen LogP contribution in [0.5, 0.6) is 5.75 Å². The highest BCUT2D eigenvalue weighted by Crippen LogP contribution is 2.36. The van der Waals surface area contributed by atoms with Gasteiger partial charge in [0.15, 0.2) is 5.75 Å². The summed E-state index contributed by atoms with van der Waals surface area (Å²) in [5, 5.41) is 51.7. The van der Waals surface area contributed by atoms with Gasteiger partial charge in [-0.3, -0.25) is 14.9 Å². The summed E-state index contributed by atoms with van der Waals surface area (Å²) in [6.07, 6.45) is -3.06. The Morgan fingerprint density at radius 2 is 2.14 bits per heavy atom. The lowest BCUT2D eigenvalue weighted by atomic mass is 9.98. The lowest BCUT2D eigenvalue weighted by molar-refractivity contribution is -0.386. The molecule has 22 heavy (non-hydrogen) atoms. The molecule has 0 aliphatic heterocycles. The van der Waals surface area contributed by atoms with E-state index >= 15 is 0 Å². The molecule has 0 aromatic heterocycles. The van der Waals surface area contributed by atoms with Crippen LogP contribution < -0.4 is 5.32 Å². The second-order valence-electron chi connectivity index (χ2n) is 4.59. The summed E-state index contributed by atoms with van der Waals surface area (Å²) in [6.45, 7) is 1.36. The van der Waals surface area contributed by atoms with Crippen LogP contribution in [-0.2, 0) is 4.79 Å². The third-order valence-electron chi connectivity index (χ3n) is 2.94. The van der Waals surface area contributed by atoms with Crippen LogP contribution in [0.1, 0.15) is 30.6 Å². The van der Waals surface area contributed by atoms with Crippen LogP contribution in [0.25, 0.3) is 0 Å². The molecule has 4 N–H and O–H groups in total. The van der Waals surface area contributed by atoms with Crippen molar-refractivity contribution in [2.75, 3.05) is 6.54 Å². The summed E-state index contributed by atoms with van der Waals surface area (Å²) in [6, 6.07) is 3.61. The normalized spacial score (nSPS) is 13.0. The van der Waals surface area contributed by atoms with Gasteiger partial charge in [0, 0.05) is 25.1 Å². The van der Waals surface area contributed by atoms with E-state index in [-0.39, 0.29) is 30.0 Å². The number of aliphatic hydroxyl groups excluding tert-OH is 2. The summed E-state index contributed by atoms with van der Waals surface area (Å²) in [5.74, 6) is -1.12. The predicted octanol–water partition coefficient (Wildman–Crippen LogP) is 0.0926. The van der Waals surface area contributed by atoms with Crippen LogP contribution >= 0.6 is 0 Å². The first-order valence-electron chi connectivity index (χ1n) is 6.30. The lowest BCUT2D eigenvalue weighted by Crippen LogP contribution is -2.27. The molecule has 0 heterocycles. The summed E-state index contributed by atoms with van der Waals surface area (Å²) in [7, 11) is 0. The quantitative estimate of drug-likeness (QED) is 0.428. The Hall–Kier alpha value is -2.70. The van der Waals surface area contributed by atoms with Crippen LogP contribution in [-0.4, -0.2) is 38.8 Å². The molecule has 0 radical (unpaired) electrons. The summed E-state index contributed by atoms with van der Waals surface area (Å²) < 4.78 is 0. The van der Waals surface area contributed by atoms with Gasteiger partial charge in [-0.2, -0.15) is 5.26 Å². The third-order valence-corrected chi connectivity index (χ3v) is 2.94. The van der Waals surface area contributed by atoms with Crippen molar-refractivity contribution in [3.63, 3.8) is 0 Å². The molecule has 0 bridgehead atoms. The van der Waals surface area contributed by atoms with E-state index in [0.717, 1.165) is 12.1 Å². The van der Waals surface area contributed by atoms with Gasteiger partial charge in [-0.15, -0.1) is 0 Å². The maximum Gasteiger partial charge on any atom is 0.312 e. The molecule has 0 spiro atoms. The highest BCUT2D eigenvalue weighted by atomic mass is 16.6. The van der Waals surface area contributed by atoms with Crippen molar-refractivity contribution in [2.45, 2.75) is 25.6 Å². The Morgan fingerprint density at radius 1 is 1.50 bits per heavy atom. The molecule has 0 fully saturated rings. The number of phenols is 1. The van der Waals surface area contributed by atoms with Gasteiger partial charge in [0.05, 0.1) is 22.7 Å². The summed E-state index contributed by atoms with van der Waals surface area (Å²) >= 11 is 0. The number of hydrogen-bond donors (Lipinski definition) is 4. The zero-order valence-electron chi connectivity index (χ0n) is 11.7. The average Bonchev–Trinajstić information content (AvgIpc) is 2.45. The number of nitriles is 1. The number of benzene rings is 1. The topological polar surface area (TPSA) is 157 Å². The molecule has 118 valence electrons. The second-order valence-corrected chi connectivity index (χ2v) is 4.59. The van der Waals surface area contributed by atoms with Crippen LogP contribution in [0.3, 0.4) is 0 Å². The lowest BCUT2D eigenvalue weighted by Gasteiger charge is -2.19. The zero-order valence-corrected chi connectivity index (χ0v) is 11.7. The predicted molar refractivity (Wildman–Crippen MR) is 73.7 cm³/mol. The highest BCUT2D eigenvalue weighted by Gasteiger charge is 2.27. The van der Waals surface area contributed by atoms with E-state index in [0.29, 0.717) is 0 Å². The van der Waals surface area contributed by atoms with Crippen molar-refractivity contribution in [3.8, 4) is 11.8 Å². The number of nitro groups is 1. The maximum absolute atomic E-state index is 10.8. The van der Waals surface area contributed by atoms with Gasteiger partial charge in [0.2, 0.25) is 5.91 Å². The van der Waals surface area contributed by atoms with Crippen molar-refractivity contribution >= 4 is 11.6 Å². The monoisotopic (exact) mass is 309 g/mol. The number of aromatic hydroxyl groups is 1. The fraction of sp³-hybridized carbons (Fsp3) is 0.385. The van der Waals surface area contributed by atoms with Gasteiger partial charge in [0.1, 0.15) is 6.10 Å². The van der Waals surface area contributed by atoms with Gasteiger partial charge >= 0.3 is 5.69 Å². The Morgan fingerprint density at radius 3 is 2.64 bits per heavy atom. The van der Waals surface area contributed by atoms with Crippen molar-refractivity contribution in [1.29, 1.82) is 5.26 Å². The molecule has 9 heteroatoms. The second kappa shape index (κ2) is 7.35. The maximum atomic E-state index is 10.8. The Balaban J connectivity index is 3.04. The van der Waals surface area contributed by atoms with E-state index in [1.807, 2.05) is 0 Å². The molecular formula is C13H15N3O6. The number of aliphatic hydroxyl groups is 2. The molecule has 1 rings (SSSR count). The van der Waals surface area contributed by atoms with Crippen molar-refractivity contribution in [3.05, 3.63) is 33.4 Å². The highest BCUT2D eigenvalue weighted by molar-refractivity contribution is 5.72. The SMILES string of the molecule is CC(=O)NCCC(O)C(O)c1cc(C#N)cc([N+](=O)[O-])c1O. The molecule has 0 aliphatic carbocycles. The van der Waals surface area contributed by atoms with Crippen LogP contribution in [0, 0.1) is 21.4 Å². The van der Waals surface area contributed by atoms with Gasteiger partial charge in [-0.25, -0.2) is 0 Å². The largest absolute Gasteiger partial charge is 0.502 e. The Bertz CT molecular complexity index is 625. The molecule has 1 aromatic carbocycles. The first-order valence-corrected chi connectivity index (χ1v) is 6.30. The molecule has 0 saturated heterocycles. The van der Waals surface area contributed by atoms with E-state index in [2.05, 4.69) is 5.32 Å². The number of amides is 1. The van der Waals surface area contributed by atoms with Crippen LogP contribution in [0.2, 0.25) is 0 Å². The number of hydrogen-bond acceptors (Lipinski definition) is 7. The summed E-state index contributed by atoms with van der Waals surface area (Å²) in [5.41, 5.74) is -1.18.